The number of halogens is 3. The van der Waals surface area contributed by atoms with Crippen LogP contribution in [0.2, 0.25) is 0 Å². The first-order valence-electron chi connectivity index (χ1n) is 9.76. The molecule has 2 aliphatic rings. The van der Waals surface area contributed by atoms with E-state index in [1.165, 1.54) is 42.9 Å². The first kappa shape index (κ1) is 18.5. The largest absolute Gasteiger partial charge is 0.409 e. The van der Waals surface area contributed by atoms with Crippen molar-refractivity contribution in [1.82, 2.24) is 0 Å². The van der Waals surface area contributed by atoms with Crippen molar-refractivity contribution >= 4 is 0 Å². The fraction of sp³-hybridized carbons (Fsp3) is 0.636. The van der Waals surface area contributed by atoms with Crippen LogP contribution in [0.1, 0.15) is 81.3 Å². The first-order valence-corrected chi connectivity index (χ1v) is 9.76. The van der Waals surface area contributed by atoms with Gasteiger partial charge in [-0.25, -0.2) is 0 Å². The summed E-state index contributed by atoms with van der Waals surface area (Å²) in [5.74, 6) is 2.18. The van der Waals surface area contributed by atoms with Gasteiger partial charge >= 0.3 is 6.18 Å². The molecule has 0 bridgehead atoms. The Balaban J connectivity index is 1.53. The minimum absolute atomic E-state index is 0.0846. The highest BCUT2D eigenvalue weighted by Gasteiger charge is 2.26. The van der Waals surface area contributed by atoms with Crippen molar-refractivity contribution in [3.63, 3.8) is 0 Å². The maximum Gasteiger partial charge on any atom is 0.409 e. The minimum atomic E-state index is -4.18. The van der Waals surface area contributed by atoms with E-state index in [1.807, 2.05) is 0 Å². The van der Waals surface area contributed by atoms with Crippen LogP contribution in [0, 0.1) is 11.8 Å². The standard InChI is InChI=1S/C22H29F3/c1-16-2-6-18(7-3-16)20-10-12-21(13-11-20)19-8-4-17(5-9-19)14-15-22(23,24)25/h10-19H,2-9H2,1H3/b15-14+/t16-,17-,18-,19-. The summed E-state index contributed by atoms with van der Waals surface area (Å²) in [6, 6.07) is 9.13. The second kappa shape index (κ2) is 7.97. The van der Waals surface area contributed by atoms with Gasteiger partial charge in [-0.05, 0) is 73.3 Å². The van der Waals surface area contributed by atoms with Crippen LogP contribution in [0.25, 0.3) is 0 Å². The molecule has 0 spiro atoms. The van der Waals surface area contributed by atoms with Gasteiger partial charge in [0.2, 0.25) is 0 Å². The molecular formula is C22H29F3. The van der Waals surface area contributed by atoms with Crippen LogP contribution in [-0.2, 0) is 0 Å². The zero-order valence-corrected chi connectivity index (χ0v) is 15.1. The van der Waals surface area contributed by atoms with Gasteiger partial charge in [-0.2, -0.15) is 13.2 Å². The van der Waals surface area contributed by atoms with Gasteiger partial charge in [-0.15, -0.1) is 0 Å². The molecule has 1 aromatic rings. The quantitative estimate of drug-likeness (QED) is 0.499. The SMILES string of the molecule is C[C@H]1CC[C@H](c2ccc([C@H]3CC[C@H](/C=C/C(F)(F)F)CC3)cc2)CC1. The molecule has 3 heteroatoms. The van der Waals surface area contributed by atoms with Crippen molar-refractivity contribution in [2.24, 2.45) is 11.8 Å². The van der Waals surface area contributed by atoms with Gasteiger partial charge in [-0.3, -0.25) is 0 Å². The Morgan fingerprint density at radius 3 is 1.64 bits per heavy atom. The highest BCUT2D eigenvalue weighted by atomic mass is 19.4. The second-order valence-electron chi connectivity index (χ2n) is 8.14. The van der Waals surface area contributed by atoms with Gasteiger partial charge in [0.15, 0.2) is 0 Å². The highest BCUT2D eigenvalue weighted by molar-refractivity contribution is 5.28. The van der Waals surface area contributed by atoms with E-state index in [0.29, 0.717) is 17.9 Å². The van der Waals surface area contributed by atoms with Gasteiger partial charge in [0.1, 0.15) is 0 Å². The number of rotatable bonds is 3. The molecule has 0 heterocycles. The van der Waals surface area contributed by atoms with Crippen LogP contribution in [0.4, 0.5) is 13.2 Å². The van der Waals surface area contributed by atoms with Crippen molar-refractivity contribution in [3.8, 4) is 0 Å². The third-order valence-electron chi connectivity index (χ3n) is 6.22. The van der Waals surface area contributed by atoms with Gasteiger partial charge in [-0.1, -0.05) is 50.1 Å². The van der Waals surface area contributed by atoms with E-state index in [0.717, 1.165) is 31.6 Å². The molecule has 1 aromatic carbocycles. The molecule has 0 aromatic heterocycles. The summed E-state index contributed by atoms with van der Waals surface area (Å²) in [7, 11) is 0. The molecular weight excluding hydrogens is 321 g/mol. The smallest absolute Gasteiger partial charge is 0.167 e. The van der Waals surface area contributed by atoms with Crippen molar-refractivity contribution in [1.29, 1.82) is 0 Å². The number of benzene rings is 1. The summed E-state index contributed by atoms with van der Waals surface area (Å²) in [5, 5.41) is 0. The number of hydrogen-bond acceptors (Lipinski definition) is 0. The number of alkyl halides is 3. The van der Waals surface area contributed by atoms with E-state index in [-0.39, 0.29) is 5.92 Å². The van der Waals surface area contributed by atoms with E-state index in [4.69, 9.17) is 0 Å². The van der Waals surface area contributed by atoms with Crippen LogP contribution < -0.4 is 0 Å². The van der Waals surface area contributed by atoms with Crippen molar-refractivity contribution in [2.45, 2.75) is 76.3 Å². The first-order chi connectivity index (χ1) is 11.9. The molecule has 2 saturated carbocycles. The Hall–Kier alpha value is -1.25. The molecule has 0 nitrogen and oxygen atoms in total. The zero-order chi connectivity index (χ0) is 17.9. The summed E-state index contributed by atoms with van der Waals surface area (Å²) >= 11 is 0. The molecule has 0 unspecified atom stereocenters. The van der Waals surface area contributed by atoms with Crippen LogP contribution in [0.3, 0.4) is 0 Å². The van der Waals surface area contributed by atoms with E-state index in [2.05, 4.69) is 31.2 Å². The molecule has 0 radical (unpaired) electrons. The molecule has 2 fully saturated rings. The Morgan fingerprint density at radius 2 is 1.20 bits per heavy atom. The highest BCUT2D eigenvalue weighted by Crippen LogP contribution is 2.39. The average molecular weight is 350 g/mol. The molecule has 3 rings (SSSR count). The normalized spacial score (nSPS) is 31.4. The Labute approximate surface area is 149 Å². The molecule has 0 N–H and O–H groups in total. The molecule has 0 amide bonds. The summed E-state index contributed by atoms with van der Waals surface area (Å²) < 4.78 is 36.8. The summed E-state index contributed by atoms with van der Waals surface area (Å²) in [6.45, 7) is 2.35. The minimum Gasteiger partial charge on any atom is -0.167 e. The second-order valence-corrected chi connectivity index (χ2v) is 8.14. The van der Waals surface area contributed by atoms with Gasteiger partial charge in [0.25, 0.3) is 0 Å². The summed E-state index contributed by atoms with van der Waals surface area (Å²) in [4.78, 5) is 0. The van der Waals surface area contributed by atoms with Crippen molar-refractivity contribution in [3.05, 3.63) is 47.5 Å². The third-order valence-corrected chi connectivity index (χ3v) is 6.22. The van der Waals surface area contributed by atoms with Crippen LogP contribution >= 0.6 is 0 Å². The van der Waals surface area contributed by atoms with Crippen LogP contribution in [0.15, 0.2) is 36.4 Å². The average Bonchev–Trinajstić information content (AvgIpc) is 2.61. The molecule has 0 aliphatic heterocycles. The molecule has 138 valence electrons. The van der Waals surface area contributed by atoms with E-state index >= 15 is 0 Å². The lowest BCUT2D eigenvalue weighted by Crippen LogP contribution is -2.13. The predicted molar refractivity (Wildman–Crippen MR) is 96.7 cm³/mol. The molecule has 25 heavy (non-hydrogen) atoms. The van der Waals surface area contributed by atoms with E-state index < -0.39 is 6.18 Å². The van der Waals surface area contributed by atoms with Gasteiger partial charge < -0.3 is 0 Å². The van der Waals surface area contributed by atoms with E-state index in [9.17, 15) is 13.2 Å². The summed E-state index contributed by atoms with van der Waals surface area (Å²) in [6.07, 6.45) is 6.59. The lowest BCUT2D eigenvalue weighted by atomic mass is 9.77. The monoisotopic (exact) mass is 350 g/mol. The fourth-order valence-corrected chi connectivity index (χ4v) is 4.52. The van der Waals surface area contributed by atoms with Gasteiger partial charge in [0, 0.05) is 6.08 Å². The Kier molecular flexibility index (Phi) is 5.91. The third kappa shape index (κ3) is 5.36. The lowest BCUT2D eigenvalue weighted by molar-refractivity contribution is -0.0803. The zero-order valence-electron chi connectivity index (χ0n) is 15.1. The molecule has 0 atom stereocenters. The predicted octanol–water partition coefficient (Wildman–Crippen LogP) is 7.37. The van der Waals surface area contributed by atoms with Crippen LogP contribution in [0.5, 0.6) is 0 Å². The summed E-state index contributed by atoms with van der Waals surface area (Å²) in [5.41, 5.74) is 2.84. The molecule has 0 saturated heterocycles. The maximum atomic E-state index is 12.3. The molecule has 2 aliphatic carbocycles. The Bertz CT molecular complexity index is 554. The van der Waals surface area contributed by atoms with Gasteiger partial charge in [0.05, 0.1) is 0 Å². The topological polar surface area (TPSA) is 0 Å². The number of hydrogen-bond donors (Lipinski definition) is 0. The van der Waals surface area contributed by atoms with Crippen molar-refractivity contribution in [2.75, 3.05) is 0 Å². The van der Waals surface area contributed by atoms with Crippen molar-refractivity contribution < 1.29 is 13.2 Å². The Morgan fingerprint density at radius 1 is 0.760 bits per heavy atom. The fourth-order valence-electron chi connectivity index (χ4n) is 4.52. The lowest BCUT2D eigenvalue weighted by Gasteiger charge is -2.29. The van der Waals surface area contributed by atoms with Crippen LogP contribution in [-0.4, -0.2) is 6.18 Å². The van der Waals surface area contributed by atoms with E-state index in [1.54, 1.807) is 0 Å². The number of allylic oxidation sites excluding steroid dienone is 2. The maximum absolute atomic E-state index is 12.3.